The van der Waals surface area contributed by atoms with Gasteiger partial charge in [0.1, 0.15) is 0 Å². The van der Waals surface area contributed by atoms with Crippen molar-refractivity contribution in [3.05, 3.63) is 36.0 Å². The van der Waals surface area contributed by atoms with E-state index in [9.17, 15) is 0 Å². The molecule has 0 spiro atoms. The Labute approximate surface area is 116 Å². The van der Waals surface area contributed by atoms with Gasteiger partial charge in [-0.25, -0.2) is 0 Å². The molecule has 2 rings (SSSR count). The largest absolute Gasteiger partial charge is 0.350 e. The fourth-order valence-corrected chi connectivity index (χ4v) is 2.03. The molecular formula is C15H23ClN2. The summed E-state index contributed by atoms with van der Waals surface area (Å²) in [6.07, 6.45) is 3.36. The number of aryl methyl sites for hydroxylation is 1. The van der Waals surface area contributed by atoms with Gasteiger partial charge in [0.25, 0.3) is 0 Å². The zero-order chi connectivity index (χ0) is 12.5. The highest BCUT2D eigenvalue weighted by Crippen LogP contribution is 2.21. The van der Waals surface area contributed by atoms with E-state index >= 15 is 0 Å². The molecule has 0 bridgehead atoms. The van der Waals surface area contributed by atoms with Crippen molar-refractivity contribution < 1.29 is 0 Å². The van der Waals surface area contributed by atoms with Crippen LogP contribution in [0.1, 0.15) is 32.8 Å². The maximum absolute atomic E-state index is 3.62. The van der Waals surface area contributed by atoms with E-state index in [1.807, 2.05) is 0 Å². The zero-order valence-corrected chi connectivity index (χ0v) is 12.5. The minimum atomic E-state index is 0. The molecule has 1 aromatic heterocycles. The predicted octanol–water partition coefficient (Wildman–Crippen LogP) is 3.88. The van der Waals surface area contributed by atoms with Crippen LogP contribution in [-0.2, 0) is 13.6 Å². The van der Waals surface area contributed by atoms with Gasteiger partial charge in [0.15, 0.2) is 0 Å². The van der Waals surface area contributed by atoms with Gasteiger partial charge in [-0.05, 0) is 31.9 Å². The van der Waals surface area contributed by atoms with Crippen LogP contribution in [0, 0.1) is 0 Å². The maximum Gasteiger partial charge on any atom is 0.0481 e. The summed E-state index contributed by atoms with van der Waals surface area (Å²) >= 11 is 0. The van der Waals surface area contributed by atoms with Gasteiger partial charge in [-0.3, -0.25) is 0 Å². The van der Waals surface area contributed by atoms with Gasteiger partial charge in [0.2, 0.25) is 0 Å². The quantitative estimate of drug-likeness (QED) is 0.889. The highest BCUT2D eigenvalue weighted by molar-refractivity contribution is 5.85. The van der Waals surface area contributed by atoms with Crippen LogP contribution in [0.4, 0.5) is 0 Å². The number of para-hydroxylation sites is 1. The van der Waals surface area contributed by atoms with Crippen molar-refractivity contribution in [3.8, 4) is 0 Å². The zero-order valence-electron chi connectivity index (χ0n) is 11.7. The molecule has 0 radical (unpaired) electrons. The second kappa shape index (κ2) is 5.77. The van der Waals surface area contributed by atoms with Gasteiger partial charge in [0.05, 0.1) is 0 Å². The monoisotopic (exact) mass is 266 g/mol. The Balaban J connectivity index is 0.00000162. The third-order valence-corrected chi connectivity index (χ3v) is 3.62. The Morgan fingerprint density at radius 1 is 1.22 bits per heavy atom. The summed E-state index contributed by atoms with van der Waals surface area (Å²) in [6, 6.07) is 8.57. The van der Waals surface area contributed by atoms with Crippen LogP contribution in [-0.4, -0.2) is 10.1 Å². The Kier molecular flexibility index (Phi) is 4.83. The molecule has 0 aliphatic carbocycles. The normalized spacial score (nSPS) is 11.6. The average Bonchev–Trinajstić information content (AvgIpc) is 2.65. The first-order chi connectivity index (χ1) is 8.03. The second-order valence-electron chi connectivity index (χ2n) is 5.37. The molecule has 0 aliphatic rings. The summed E-state index contributed by atoms with van der Waals surface area (Å²) in [5.41, 5.74) is 2.89. The van der Waals surface area contributed by atoms with Gasteiger partial charge in [-0.2, -0.15) is 0 Å². The van der Waals surface area contributed by atoms with Crippen molar-refractivity contribution in [3.63, 3.8) is 0 Å². The Morgan fingerprint density at radius 2 is 1.89 bits per heavy atom. The van der Waals surface area contributed by atoms with Gasteiger partial charge in [-0.15, -0.1) is 12.4 Å². The van der Waals surface area contributed by atoms with E-state index in [1.54, 1.807) is 0 Å². The SMILES string of the molecule is CCC(C)(C)NCc1cn(C)c2ccccc12.Cl. The summed E-state index contributed by atoms with van der Waals surface area (Å²) in [5.74, 6) is 0. The third-order valence-electron chi connectivity index (χ3n) is 3.62. The molecule has 18 heavy (non-hydrogen) atoms. The summed E-state index contributed by atoms with van der Waals surface area (Å²) in [4.78, 5) is 0. The molecule has 2 aromatic rings. The third kappa shape index (κ3) is 3.06. The van der Waals surface area contributed by atoms with E-state index in [4.69, 9.17) is 0 Å². The topological polar surface area (TPSA) is 17.0 Å². The number of fused-ring (bicyclic) bond motifs is 1. The molecule has 2 nitrogen and oxygen atoms in total. The van der Waals surface area contributed by atoms with E-state index in [0.717, 1.165) is 13.0 Å². The number of hydrogen-bond donors (Lipinski definition) is 1. The van der Waals surface area contributed by atoms with Gasteiger partial charge in [0, 0.05) is 36.2 Å². The fourth-order valence-electron chi connectivity index (χ4n) is 2.03. The van der Waals surface area contributed by atoms with Crippen LogP contribution >= 0.6 is 12.4 Å². The molecule has 0 aliphatic heterocycles. The molecule has 100 valence electrons. The Morgan fingerprint density at radius 3 is 2.56 bits per heavy atom. The van der Waals surface area contributed by atoms with E-state index in [0.29, 0.717) is 0 Å². The summed E-state index contributed by atoms with van der Waals surface area (Å²) in [6.45, 7) is 7.65. The minimum Gasteiger partial charge on any atom is -0.350 e. The highest BCUT2D eigenvalue weighted by atomic mass is 35.5. The average molecular weight is 267 g/mol. The minimum absolute atomic E-state index is 0. The molecule has 3 heteroatoms. The van der Waals surface area contributed by atoms with Crippen LogP contribution in [0.2, 0.25) is 0 Å². The van der Waals surface area contributed by atoms with Crippen molar-refractivity contribution in [1.29, 1.82) is 0 Å². The van der Waals surface area contributed by atoms with Crippen molar-refractivity contribution in [2.24, 2.45) is 7.05 Å². The number of nitrogens with one attached hydrogen (secondary N) is 1. The Bertz CT molecular complexity index is 514. The first kappa shape index (κ1) is 15.1. The van der Waals surface area contributed by atoms with Crippen LogP contribution in [0.3, 0.4) is 0 Å². The lowest BCUT2D eigenvalue weighted by molar-refractivity contribution is 0.375. The summed E-state index contributed by atoms with van der Waals surface area (Å²) in [5, 5.41) is 4.97. The van der Waals surface area contributed by atoms with Gasteiger partial charge < -0.3 is 9.88 Å². The number of aromatic nitrogens is 1. The smallest absolute Gasteiger partial charge is 0.0481 e. The molecule has 0 fully saturated rings. The second-order valence-corrected chi connectivity index (χ2v) is 5.37. The fraction of sp³-hybridized carbons (Fsp3) is 0.467. The van der Waals surface area contributed by atoms with Crippen molar-refractivity contribution in [1.82, 2.24) is 9.88 Å². The number of nitrogens with zero attached hydrogens (tertiary/aromatic N) is 1. The van der Waals surface area contributed by atoms with Gasteiger partial charge in [-0.1, -0.05) is 25.1 Å². The van der Waals surface area contributed by atoms with E-state index in [1.165, 1.54) is 16.5 Å². The molecule has 0 saturated heterocycles. The lowest BCUT2D eigenvalue weighted by Gasteiger charge is -2.24. The lowest BCUT2D eigenvalue weighted by Crippen LogP contribution is -2.37. The first-order valence-electron chi connectivity index (χ1n) is 6.31. The molecule has 0 amide bonds. The van der Waals surface area contributed by atoms with E-state index < -0.39 is 0 Å². The summed E-state index contributed by atoms with van der Waals surface area (Å²) in [7, 11) is 2.11. The predicted molar refractivity (Wildman–Crippen MR) is 81.4 cm³/mol. The molecule has 0 atom stereocenters. The standard InChI is InChI=1S/C15H22N2.ClH/c1-5-15(2,3)16-10-12-11-17(4)14-9-7-6-8-13(12)14;/h6-9,11,16H,5,10H2,1-4H3;1H. The summed E-state index contributed by atoms with van der Waals surface area (Å²) < 4.78 is 2.20. The molecule has 0 unspecified atom stereocenters. The molecule has 0 saturated carbocycles. The molecular weight excluding hydrogens is 244 g/mol. The van der Waals surface area contributed by atoms with E-state index in [-0.39, 0.29) is 17.9 Å². The van der Waals surface area contributed by atoms with Crippen LogP contribution in [0.25, 0.3) is 10.9 Å². The highest BCUT2D eigenvalue weighted by Gasteiger charge is 2.14. The van der Waals surface area contributed by atoms with Crippen LogP contribution in [0.5, 0.6) is 0 Å². The maximum atomic E-state index is 3.62. The van der Waals surface area contributed by atoms with Gasteiger partial charge >= 0.3 is 0 Å². The van der Waals surface area contributed by atoms with Crippen LogP contribution in [0.15, 0.2) is 30.5 Å². The van der Waals surface area contributed by atoms with Crippen LogP contribution < -0.4 is 5.32 Å². The van der Waals surface area contributed by atoms with Crippen molar-refractivity contribution in [2.75, 3.05) is 0 Å². The number of rotatable bonds is 4. The van der Waals surface area contributed by atoms with Crippen molar-refractivity contribution in [2.45, 2.75) is 39.3 Å². The van der Waals surface area contributed by atoms with Crippen molar-refractivity contribution >= 4 is 23.3 Å². The molecule has 1 N–H and O–H groups in total. The number of halogens is 1. The number of benzene rings is 1. The first-order valence-corrected chi connectivity index (χ1v) is 6.31. The van der Waals surface area contributed by atoms with E-state index in [2.05, 4.69) is 68.2 Å². The molecule has 1 aromatic carbocycles. The number of hydrogen-bond acceptors (Lipinski definition) is 1. The Hall–Kier alpha value is -0.990. The lowest BCUT2D eigenvalue weighted by atomic mass is 10.0. The molecule has 1 heterocycles.